The predicted molar refractivity (Wildman–Crippen MR) is 101 cm³/mol. The number of pyridine rings is 1. The van der Waals surface area contributed by atoms with E-state index in [1.165, 1.54) is 12.3 Å². The fourth-order valence-corrected chi connectivity index (χ4v) is 2.44. The molecular weight excluding hydrogens is 346 g/mol. The van der Waals surface area contributed by atoms with Gasteiger partial charge in [-0.25, -0.2) is 14.5 Å². The van der Waals surface area contributed by atoms with Gasteiger partial charge in [0.15, 0.2) is 12.3 Å². The lowest BCUT2D eigenvalue weighted by Gasteiger charge is -2.10. The molecule has 0 saturated heterocycles. The molecule has 0 saturated carbocycles. The van der Waals surface area contributed by atoms with Gasteiger partial charge in [0.2, 0.25) is 0 Å². The third-order valence-corrected chi connectivity index (χ3v) is 3.74. The smallest absolute Gasteiger partial charge is 0.359 e. The first-order valence-electron chi connectivity index (χ1n) is 8.25. The highest BCUT2D eigenvalue weighted by atomic mass is 16.5. The highest BCUT2D eigenvalue weighted by Gasteiger charge is 2.16. The number of nitrogens with one attached hydrogen (secondary N) is 1. The first-order chi connectivity index (χ1) is 12.9. The number of ether oxygens (including phenoxy) is 1. The van der Waals surface area contributed by atoms with Gasteiger partial charge in [-0.3, -0.25) is 4.79 Å². The van der Waals surface area contributed by atoms with Gasteiger partial charge in [0.05, 0.1) is 17.1 Å². The van der Waals surface area contributed by atoms with E-state index in [1.54, 1.807) is 16.8 Å². The number of carbonyl (C=O) groups is 2. The summed E-state index contributed by atoms with van der Waals surface area (Å²) in [6, 6.07) is 12.6. The van der Waals surface area contributed by atoms with Crippen molar-refractivity contribution < 1.29 is 14.3 Å². The SMILES string of the molecule is Cc1ccc(-n2nc(C)cc2NC(=O)COC(=O)c2ncccc2N)cc1. The quantitative estimate of drug-likeness (QED) is 0.671. The zero-order valence-corrected chi connectivity index (χ0v) is 15.0. The molecular formula is C19H19N5O3. The Balaban J connectivity index is 1.67. The fourth-order valence-electron chi connectivity index (χ4n) is 2.44. The van der Waals surface area contributed by atoms with E-state index in [1.807, 2.05) is 38.1 Å². The molecule has 0 radical (unpaired) electrons. The van der Waals surface area contributed by atoms with Crippen LogP contribution < -0.4 is 11.1 Å². The maximum atomic E-state index is 12.2. The summed E-state index contributed by atoms with van der Waals surface area (Å²) in [7, 11) is 0. The normalized spacial score (nSPS) is 10.4. The Morgan fingerprint density at radius 1 is 1.19 bits per heavy atom. The van der Waals surface area contributed by atoms with Crippen LogP contribution in [-0.2, 0) is 9.53 Å². The van der Waals surface area contributed by atoms with Crippen LogP contribution in [0.25, 0.3) is 5.69 Å². The zero-order chi connectivity index (χ0) is 19.4. The molecule has 0 bridgehead atoms. The van der Waals surface area contributed by atoms with Gasteiger partial charge in [-0.15, -0.1) is 0 Å². The Labute approximate surface area is 156 Å². The number of aromatic nitrogens is 3. The minimum absolute atomic E-state index is 0.0224. The Bertz CT molecular complexity index is 979. The molecule has 3 N–H and O–H groups in total. The maximum absolute atomic E-state index is 12.2. The van der Waals surface area contributed by atoms with Crippen molar-refractivity contribution >= 4 is 23.4 Å². The van der Waals surface area contributed by atoms with E-state index in [0.29, 0.717) is 5.82 Å². The predicted octanol–water partition coefficient (Wildman–Crippen LogP) is 2.26. The number of aryl methyl sites for hydroxylation is 2. The number of nitrogens with two attached hydrogens (primary N) is 1. The van der Waals surface area contributed by atoms with Crippen molar-refractivity contribution in [2.45, 2.75) is 13.8 Å². The van der Waals surface area contributed by atoms with Crippen molar-refractivity contribution in [3.05, 3.63) is 65.6 Å². The monoisotopic (exact) mass is 365 g/mol. The van der Waals surface area contributed by atoms with E-state index in [0.717, 1.165) is 16.9 Å². The van der Waals surface area contributed by atoms with Gasteiger partial charge < -0.3 is 15.8 Å². The third-order valence-electron chi connectivity index (χ3n) is 3.74. The van der Waals surface area contributed by atoms with E-state index in [2.05, 4.69) is 15.4 Å². The topological polar surface area (TPSA) is 112 Å². The van der Waals surface area contributed by atoms with E-state index >= 15 is 0 Å². The van der Waals surface area contributed by atoms with E-state index in [9.17, 15) is 9.59 Å². The van der Waals surface area contributed by atoms with Crippen LogP contribution in [0, 0.1) is 13.8 Å². The molecule has 1 aromatic carbocycles. The molecule has 2 heterocycles. The molecule has 1 amide bonds. The number of hydrogen-bond acceptors (Lipinski definition) is 6. The molecule has 0 spiro atoms. The molecule has 0 aliphatic rings. The van der Waals surface area contributed by atoms with Crippen molar-refractivity contribution in [2.75, 3.05) is 17.7 Å². The molecule has 0 fully saturated rings. The number of carbonyl (C=O) groups excluding carboxylic acids is 2. The lowest BCUT2D eigenvalue weighted by atomic mass is 10.2. The van der Waals surface area contributed by atoms with Crippen LogP contribution in [0.4, 0.5) is 11.5 Å². The first kappa shape index (κ1) is 18.1. The van der Waals surface area contributed by atoms with Crippen LogP contribution in [-0.4, -0.2) is 33.2 Å². The lowest BCUT2D eigenvalue weighted by molar-refractivity contribution is -0.119. The summed E-state index contributed by atoms with van der Waals surface area (Å²) in [4.78, 5) is 28.0. The molecule has 138 valence electrons. The van der Waals surface area contributed by atoms with Gasteiger partial charge >= 0.3 is 5.97 Å². The fraction of sp³-hybridized carbons (Fsp3) is 0.158. The standard InChI is InChI=1S/C19H19N5O3/c1-12-5-7-14(8-6-12)24-16(10-13(2)23-24)22-17(25)11-27-19(26)18-15(20)4-3-9-21-18/h3-10H,11,20H2,1-2H3,(H,22,25). The highest BCUT2D eigenvalue weighted by molar-refractivity contribution is 5.96. The zero-order valence-electron chi connectivity index (χ0n) is 15.0. The average molecular weight is 365 g/mol. The van der Waals surface area contributed by atoms with Gasteiger partial charge in [-0.05, 0) is 38.1 Å². The van der Waals surface area contributed by atoms with Crippen molar-refractivity contribution in [3.8, 4) is 5.69 Å². The van der Waals surface area contributed by atoms with Crippen LogP contribution in [0.3, 0.4) is 0 Å². The summed E-state index contributed by atoms with van der Waals surface area (Å²) in [6.07, 6.45) is 1.43. The summed E-state index contributed by atoms with van der Waals surface area (Å²) < 4.78 is 6.60. The molecule has 0 unspecified atom stereocenters. The van der Waals surface area contributed by atoms with Crippen molar-refractivity contribution in [1.29, 1.82) is 0 Å². The average Bonchev–Trinajstić information content (AvgIpc) is 3.01. The minimum atomic E-state index is -0.758. The first-order valence-corrected chi connectivity index (χ1v) is 8.25. The second kappa shape index (κ2) is 7.69. The number of rotatable bonds is 5. The lowest BCUT2D eigenvalue weighted by Crippen LogP contribution is -2.23. The second-order valence-corrected chi connectivity index (χ2v) is 5.98. The third kappa shape index (κ3) is 4.30. The van der Waals surface area contributed by atoms with E-state index in [4.69, 9.17) is 10.5 Å². The number of hydrogen-bond donors (Lipinski definition) is 2. The summed E-state index contributed by atoms with van der Waals surface area (Å²) >= 11 is 0. The van der Waals surface area contributed by atoms with E-state index < -0.39 is 18.5 Å². The Morgan fingerprint density at radius 3 is 2.63 bits per heavy atom. The summed E-state index contributed by atoms with van der Waals surface area (Å²) in [5.74, 6) is -0.771. The van der Waals surface area contributed by atoms with Gasteiger partial charge in [-0.2, -0.15) is 5.10 Å². The molecule has 3 aromatic rings. The van der Waals surface area contributed by atoms with Crippen LogP contribution >= 0.6 is 0 Å². The summed E-state index contributed by atoms with van der Waals surface area (Å²) in [5, 5.41) is 7.08. The van der Waals surface area contributed by atoms with Gasteiger partial charge in [0.1, 0.15) is 5.82 Å². The second-order valence-electron chi connectivity index (χ2n) is 5.98. The number of amides is 1. The molecule has 8 heteroatoms. The van der Waals surface area contributed by atoms with E-state index in [-0.39, 0.29) is 11.4 Å². The number of nitrogen functional groups attached to an aromatic ring is 1. The molecule has 2 aromatic heterocycles. The number of anilines is 2. The van der Waals surface area contributed by atoms with Crippen molar-refractivity contribution in [3.63, 3.8) is 0 Å². The van der Waals surface area contributed by atoms with Crippen LogP contribution in [0.1, 0.15) is 21.7 Å². The number of esters is 1. The molecule has 0 atom stereocenters. The van der Waals surface area contributed by atoms with Gasteiger partial charge in [-0.1, -0.05) is 17.7 Å². The highest BCUT2D eigenvalue weighted by Crippen LogP contribution is 2.17. The van der Waals surface area contributed by atoms with Crippen LogP contribution in [0.2, 0.25) is 0 Å². The molecule has 0 aliphatic carbocycles. The largest absolute Gasteiger partial charge is 0.451 e. The Hall–Kier alpha value is -3.68. The van der Waals surface area contributed by atoms with Gasteiger partial charge in [0, 0.05) is 12.3 Å². The maximum Gasteiger partial charge on any atom is 0.359 e. The summed E-state index contributed by atoms with van der Waals surface area (Å²) in [6.45, 7) is 3.35. The number of nitrogens with zero attached hydrogens (tertiary/aromatic N) is 3. The Kier molecular flexibility index (Phi) is 5.16. The van der Waals surface area contributed by atoms with Crippen LogP contribution in [0.15, 0.2) is 48.7 Å². The van der Waals surface area contributed by atoms with Crippen LogP contribution in [0.5, 0.6) is 0 Å². The van der Waals surface area contributed by atoms with Crippen molar-refractivity contribution in [1.82, 2.24) is 14.8 Å². The molecule has 27 heavy (non-hydrogen) atoms. The number of benzene rings is 1. The minimum Gasteiger partial charge on any atom is -0.451 e. The molecule has 0 aliphatic heterocycles. The van der Waals surface area contributed by atoms with Crippen molar-refractivity contribution in [2.24, 2.45) is 0 Å². The van der Waals surface area contributed by atoms with Gasteiger partial charge in [0.25, 0.3) is 5.91 Å². The molecule has 3 rings (SSSR count). The summed E-state index contributed by atoms with van der Waals surface area (Å²) in [5.41, 5.74) is 8.51. The Morgan fingerprint density at radius 2 is 1.93 bits per heavy atom. The molecule has 8 nitrogen and oxygen atoms in total.